The Balaban J connectivity index is 0.00000199. The number of hydrogen-bond donors (Lipinski definition) is 2. The summed E-state index contributed by atoms with van der Waals surface area (Å²) in [5.41, 5.74) is 3.13. The van der Waals surface area contributed by atoms with E-state index in [9.17, 15) is 9.18 Å². The Morgan fingerprint density at radius 1 is 1.29 bits per heavy atom. The van der Waals surface area contributed by atoms with E-state index in [1.165, 1.54) is 18.2 Å². The fourth-order valence-electron chi connectivity index (χ4n) is 3.74. The van der Waals surface area contributed by atoms with Crippen LogP contribution in [0.4, 0.5) is 10.2 Å². The van der Waals surface area contributed by atoms with Crippen molar-refractivity contribution in [3.63, 3.8) is 0 Å². The molecule has 2 aromatic rings. The van der Waals surface area contributed by atoms with Crippen LogP contribution in [0.5, 0.6) is 0 Å². The third-order valence-electron chi connectivity index (χ3n) is 5.25. The molecule has 1 amide bonds. The summed E-state index contributed by atoms with van der Waals surface area (Å²) >= 11 is 6.10. The number of anilines is 1. The molecule has 0 saturated heterocycles. The largest absolute Gasteiger partial charge is 0.352 e. The summed E-state index contributed by atoms with van der Waals surface area (Å²) in [6.45, 7) is 14.3. The molecule has 1 heterocycles. The molecule has 1 aromatic heterocycles. The van der Waals surface area contributed by atoms with Crippen molar-refractivity contribution < 1.29 is 9.18 Å². The zero-order chi connectivity index (χ0) is 25.3. The van der Waals surface area contributed by atoms with Crippen molar-refractivity contribution in [3.05, 3.63) is 76.4 Å². The molecule has 0 saturated carbocycles. The molecule has 1 aliphatic carbocycles. The van der Waals surface area contributed by atoms with Gasteiger partial charge < -0.3 is 10.6 Å². The van der Waals surface area contributed by atoms with Gasteiger partial charge in [-0.1, -0.05) is 58.0 Å². The van der Waals surface area contributed by atoms with Crippen LogP contribution in [0.1, 0.15) is 52.3 Å². The molecule has 0 aliphatic heterocycles. The highest BCUT2D eigenvalue weighted by molar-refractivity contribution is 6.30. The average molecular weight is 485 g/mol. The summed E-state index contributed by atoms with van der Waals surface area (Å²) in [7, 11) is 0. The number of hydrogen-bond acceptors (Lipinski definition) is 4. The van der Waals surface area contributed by atoms with Gasteiger partial charge in [0, 0.05) is 17.1 Å². The van der Waals surface area contributed by atoms with Crippen LogP contribution in [0.3, 0.4) is 0 Å². The van der Waals surface area contributed by atoms with E-state index in [4.69, 9.17) is 11.6 Å². The zero-order valence-corrected chi connectivity index (χ0v) is 21.4. The van der Waals surface area contributed by atoms with Crippen molar-refractivity contribution in [1.29, 1.82) is 0 Å². The maximum atomic E-state index is 14.6. The minimum Gasteiger partial charge on any atom is -0.352 e. The lowest BCUT2D eigenvalue weighted by molar-refractivity contribution is -0.117. The molecule has 1 aromatic carbocycles. The van der Waals surface area contributed by atoms with E-state index >= 15 is 0 Å². The maximum Gasteiger partial charge on any atom is 0.253 e. The average Bonchev–Trinajstić information content (AvgIpc) is 3.21. The summed E-state index contributed by atoms with van der Waals surface area (Å²) in [6, 6.07) is 4.33. The molecule has 0 spiro atoms. The van der Waals surface area contributed by atoms with E-state index < -0.39 is 5.82 Å². The highest BCUT2D eigenvalue weighted by Crippen LogP contribution is 2.34. The quantitative estimate of drug-likeness (QED) is 0.325. The number of rotatable bonds is 8. The lowest BCUT2D eigenvalue weighted by atomic mass is 10.1. The van der Waals surface area contributed by atoms with E-state index in [0.717, 1.165) is 30.5 Å². The molecule has 0 radical (unpaired) electrons. The number of aromatic nitrogens is 2. The molecule has 7 heteroatoms. The van der Waals surface area contributed by atoms with Gasteiger partial charge in [-0.05, 0) is 56.4 Å². The number of nitrogens with zero attached hydrogens (tertiary/aromatic N) is 2. The number of carbonyl (C=O) groups excluding carboxylic acids is 1. The number of fused-ring (bicyclic) bond motifs is 1. The summed E-state index contributed by atoms with van der Waals surface area (Å²) in [5, 5.41) is 6.61. The number of allylic oxidation sites excluding steroid dienone is 3. The van der Waals surface area contributed by atoms with Crippen LogP contribution in [0.25, 0.3) is 11.4 Å². The first-order valence-corrected chi connectivity index (χ1v) is 12.2. The second-order valence-corrected chi connectivity index (χ2v) is 8.29. The highest BCUT2D eigenvalue weighted by atomic mass is 35.5. The maximum absolute atomic E-state index is 14.6. The number of carbonyl (C=O) groups is 1. The number of amides is 1. The smallest absolute Gasteiger partial charge is 0.253 e. The molecule has 1 atom stereocenters. The van der Waals surface area contributed by atoms with Gasteiger partial charge in [-0.15, -0.1) is 0 Å². The monoisotopic (exact) mass is 484 g/mol. The molecule has 5 nitrogen and oxygen atoms in total. The fraction of sp³-hybridized carbons (Fsp3) is 0.370. The van der Waals surface area contributed by atoms with Crippen molar-refractivity contribution in [1.82, 2.24) is 15.3 Å². The molecular formula is C27H34ClFN4O. The van der Waals surface area contributed by atoms with Crippen LogP contribution >= 0.6 is 11.6 Å². The van der Waals surface area contributed by atoms with Crippen molar-refractivity contribution in [2.45, 2.75) is 53.9 Å². The van der Waals surface area contributed by atoms with E-state index in [-0.39, 0.29) is 17.3 Å². The first-order valence-electron chi connectivity index (χ1n) is 11.8. The third-order valence-corrected chi connectivity index (χ3v) is 5.49. The van der Waals surface area contributed by atoms with Gasteiger partial charge in [0.1, 0.15) is 11.6 Å². The van der Waals surface area contributed by atoms with Gasteiger partial charge in [-0.2, -0.15) is 0 Å². The van der Waals surface area contributed by atoms with E-state index in [1.807, 2.05) is 20.8 Å². The summed E-state index contributed by atoms with van der Waals surface area (Å²) < 4.78 is 14.6. The van der Waals surface area contributed by atoms with Gasteiger partial charge in [0.25, 0.3) is 5.91 Å². The van der Waals surface area contributed by atoms with Crippen molar-refractivity contribution in [2.24, 2.45) is 5.92 Å². The van der Waals surface area contributed by atoms with Gasteiger partial charge >= 0.3 is 0 Å². The van der Waals surface area contributed by atoms with Gasteiger partial charge in [0.15, 0.2) is 5.82 Å². The van der Waals surface area contributed by atoms with Crippen LogP contribution < -0.4 is 10.6 Å². The van der Waals surface area contributed by atoms with Crippen molar-refractivity contribution in [2.75, 3.05) is 11.9 Å². The minimum absolute atomic E-state index is 0.185. The first-order chi connectivity index (χ1) is 16.4. The molecule has 34 heavy (non-hydrogen) atoms. The predicted octanol–water partition coefficient (Wildman–Crippen LogP) is 6.65. The highest BCUT2D eigenvalue weighted by Gasteiger charge is 2.26. The number of halogens is 2. The SMILES string of the molecule is C=C/C=C(Nc1nc(-c2cc(Cl)ccc2F)nc2c1CC(C)C2)\C(=C/C)C(=O)NCCC.CC. The number of benzene rings is 1. The number of nitrogens with one attached hydrogen (secondary N) is 2. The Kier molecular flexibility index (Phi) is 10.5. The van der Waals surface area contributed by atoms with Crippen LogP contribution in [0.2, 0.25) is 5.02 Å². The Bertz CT molecular complexity index is 1090. The topological polar surface area (TPSA) is 66.9 Å². The minimum atomic E-state index is -0.443. The molecule has 182 valence electrons. The zero-order valence-electron chi connectivity index (χ0n) is 20.6. The molecule has 1 aliphatic rings. The van der Waals surface area contributed by atoms with Gasteiger partial charge in [-0.25, -0.2) is 14.4 Å². The Hall–Kier alpha value is -2.99. The standard InChI is InChI=1S/C25H28ClFN4O.C2H6/c1-5-8-21(17(7-3)25(32)28-11-6-2)29-24-19-12-15(4)13-22(19)30-23(31-24)18-14-16(26)9-10-20(18)27;1-2/h5,7-10,14-15H,1,6,11-13H2,2-4H3,(H,28,32)(H,29,30,31);1-2H3/b17-7+,21-8+;. The van der Waals surface area contributed by atoms with Gasteiger partial charge in [0.2, 0.25) is 0 Å². The molecule has 2 N–H and O–H groups in total. The van der Waals surface area contributed by atoms with Crippen LogP contribution in [0.15, 0.2) is 54.3 Å². The van der Waals surface area contributed by atoms with Gasteiger partial charge in [-0.3, -0.25) is 4.79 Å². The lowest BCUT2D eigenvalue weighted by Crippen LogP contribution is -2.28. The normalized spacial score (nSPS) is 15.2. The fourth-order valence-corrected chi connectivity index (χ4v) is 3.92. The second kappa shape index (κ2) is 13.0. The van der Waals surface area contributed by atoms with Crippen molar-refractivity contribution >= 4 is 23.3 Å². The Morgan fingerprint density at radius 3 is 2.68 bits per heavy atom. The van der Waals surface area contributed by atoms with Crippen LogP contribution in [-0.4, -0.2) is 22.4 Å². The predicted molar refractivity (Wildman–Crippen MR) is 139 cm³/mol. The van der Waals surface area contributed by atoms with E-state index in [0.29, 0.717) is 34.6 Å². The Morgan fingerprint density at radius 2 is 2.03 bits per heavy atom. The molecule has 3 rings (SSSR count). The van der Waals surface area contributed by atoms with Gasteiger partial charge in [0.05, 0.1) is 22.5 Å². The lowest BCUT2D eigenvalue weighted by Gasteiger charge is -2.17. The molecular weight excluding hydrogens is 451 g/mol. The van der Waals surface area contributed by atoms with Crippen molar-refractivity contribution in [3.8, 4) is 11.4 Å². The summed E-state index contributed by atoms with van der Waals surface area (Å²) in [4.78, 5) is 22.0. The first kappa shape index (κ1) is 27.3. The molecule has 0 fully saturated rings. The molecule has 1 unspecified atom stereocenters. The molecule has 0 bridgehead atoms. The second-order valence-electron chi connectivity index (χ2n) is 7.86. The van der Waals surface area contributed by atoms with E-state index in [1.54, 1.807) is 25.2 Å². The van der Waals surface area contributed by atoms with E-state index in [2.05, 4.69) is 34.1 Å². The van der Waals surface area contributed by atoms with Crippen LogP contribution in [-0.2, 0) is 17.6 Å². The summed E-state index contributed by atoms with van der Waals surface area (Å²) in [5.74, 6) is 0.580. The third kappa shape index (κ3) is 6.54. The summed E-state index contributed by atoms with van der Waals surface area (Å²) in [6.07, 6.45) is 7.49. The van der Waals surface area contributed by atoms with Crippen LogP contribution in [0, 0.1) is 11.7 Å². The Labute approximate surface area is 207 Å².